The van der Waals surface area contributed by atoms with Crippen LogP contribution < -0.4 is 0 Å². The van der Waals surface area contributed by atoms with Crippen molar-refractivity contribution in [1.82, 2.24) is 19.7 Å². The Morgan fingerprint density at radius 3 is 2.76 bits per heavy atom. The van der Waals surface area contributed by atoms with Crippen molar-refractivity contribution in [3.63, 3.8) is 0 Å². The van der Waals surface area contributed by atoms with Crippen molar-refractivity contribution < 1.29 is 9.90 Å². The zero-order chi connectivity index (χ0) is 14.8. The van der Waals surface area contributed by atoms with E-state index >= 15 is 0 Å². The molecule has 6 nitrogen and oxygen atoms in total. The van der Waals surface area contributed by atoms with Crippen LogP contribution in [0.1, 0.15) is 28.5 Å². The summed E-state index contributed by atoms with van der Waals surface area (Å²) in [4.78, 5) is 19.9. The average Bonchev–Trinajstić information content (AvgIpc) is 2.90. The molecule has 21 heavy (non-hydrogen) atoms. The topological polar surface area (TPSA) is 80.9 Å². The lowest BCUT2D eigenvalue weighted by Crippen LogP contribution is -2.05. The Hall–Kier alpha value is -2.76. The van der Waals surface area contributed by atoms with Crippen molar-refractivity contribution in [1.29, 1.82) is 0 Å². The molecule has 0 atom stereocenters. The number of carboxylic acids is 1. The predicted molar refractivity (Wildman–Crippen MR) is 77.2 cm³/mol. The van der Waals surface area contributed by atoms with Crippen LogP contribution in [0.15, 0.2) is 36.8 Å². The van der Waals surface area contributed by atoms with Gasteiger partial charge < -0.3 is 5.11 Å². The molecule has 0 amide bonds. The molecule has 0 saturated carbocycles. The Labute approximate surface area is 121 Å². The van der Waals surface area contributed by atoms with Crippen LogP contribution in [0.5, 0.6) is 0 Å². The molecule has 0 aliphatic carbocycles. The molecule has 0 aliphatic rings. The van der Waals surface area contributed by atoms with E-state index < -0.39 is 5.97 Å². The van der Waals surface area contributed by atoms with Gasteiger partial charge in [0.05, 0.1) is 23.7 Å². The third kappa shape index (κ3) is 2.47. The minimum Gasteiger partial charge on any atom is -0.478 e. The zero-order valence-corrected chi connectivity index (χ0v) is 11.5. The Morgan fingerprint density at radius 2 is 2.10 bits per heavy atom. The van der Waals surface area contributed by atoms with E-state index in [0.717, 1.165) is 11.3 Å². The van der Waals surface area contributed by atoms with E-state index in [0.29, 0.717) is 24.0 Å². The van der Waals surface area contributed by atoms with Gasteiger partial charge in [0.25, 0.3) is 0 Å². The Morgan fingerprint density at radius 1 is 1.33 bits per heavy atom. The normalized spacial score (nSPS) is 10.9. The van der Waals surface area contributed by atoms with Gasteiger partial charge in [-0.3, -0.25) is 4.98 Å². The summed E-state index contributed by atoms with van der Waals surface area (Å²) in [6, 6.07) is 5.41. The highest BCUT2D eigenvalue weighted by Crippen LogP contribution is 2.19. The second-order valence-corrected chi connectivity index (χ2v) is 4.71. The lowest BCUT2D eigenvalue weighted by atomic mass is 10.1. The standard InChI is InChI=1S/C15H14N4O2/c1-2-11-7-12(15(20)21)13-8-17-19(14(13)18-11)9-10-3-5-16-6-4-10/h3-8H,2,9H2,1H3,(H,20,21). The van der Waals surface area contributed by atoms with Gasteiger partial charge in [0.15, 0.2) is 5.65 Å². The van der Waals surface area contributed by atoms with Gasteiger partial charge in [-0.15, -0.1) is 0 Å². The van der Waals surface area contributed by atoms with E-state index in [2.05, 4.69) is 15.1 Å². The molecule has 0 aromatic carbocycles. The maximum atomic E-state index is 11.4. The third-order valence-electron chi connectivity index (χ3n) is 3.34. The molecule has 3 aromatic rings. The van der Waals surface area contributed by atoms with Crippen LogP contribution in [0.2, 0.25) is 0 Å². The number of carbonyl (C=O) groups is 1. The quantitative estimate of drug-likeness (QED) is 0.792. The Bertz CT molecular complexity index is 796. The van der Waals surface area contributed by atoms with Gasteiger partial charge in [-0.25, -0.2) is 14.5 Å². The lowest BCUT2D eigenvalue weighted by Gasteiger charge is -2.05. The maximum absolute atomic E-state index is 11.4. The van der Waals surface area contributed by atoms with Crippen LogP contribution in [-0.2, 0) is 13.0 Å². The first kappa shape index (κ1) is 13.2. The highest BCUT2D eigenvalue weighted by molar-refractivity contribution is 6.01. The van der Waals surface area contributed by atoms with E-state index in [9.17, 15) is 9.90 Å². The summed E-state index contributed by atoms with van der Waals surface area (Å²) in [5, 5.41) is 14.2. The van der Waals surface area contributed by atoms with Gasteiger partial charge in [0, 0.05) is 18.1 Å². The van der Waals surface area contributed by atoms with Crippen LogP contribution in [-0.4, -0.2) is 30.8 Å². The minimum atomic E-state index is -0.958. The van der Waals surface area contributed by atoms with Gasteiger partial charge in [0.2, 0.25) is 0 Å². The second-order valence-electron chi connectivity index (χ2n) is 4.71. The lowest BCUT2D eigenvalue weighted by molar-refractivity contribution is 0.0699. The third-order valence-corrected chi connectivity index (χ3v) is 3.34. The summed E-state index contributed by atoms with van der Waals surface area (Å²) in [6.07, 6.45) is 5.67. The predicted octanol–water partition coefficient (Wildman–Crippen LogP) is 2.14. The number of aromatic carboxylic acids is 1. The molecule has 1 N–H and O–H groups in total. The van der Waals surface area contributed by atoms with Crippen molar-refractivity contribution in [3.8, 4) is 0 Å². The smallest absolute Gasteiger partial charge is 0.336 e. The molecule has 0 bridgehead atoms. The number of nitrogens with zero attached hydrogens (tertiary/aromatic N) is 4. The number of hydrogen-bond donors (Lipinski definition) is 1. The van der Waals surface area contributed by atoms with E-state index in [1.807, 2.05) is 19.1 Å². The van der Waals surface area contributed by atoms with Crippen molar-refractivity contribution >= 4 is 17.0 Å². The van der Waals surface area contributed by atoms with Gasteiger partial charge in [0.1, 0.15) is 0 Å². The molecule has 0 saturated heterocycles. The van der Waals surface area contributed by atoms with Gasteiger partial charge in [-0.2, -0.15) is 5.10 Å². The number of aryl methyl sites for hydroxylation is 1. The van der Waals surface area contributed by atoms with E-state index in [1.54, 1.807) is 29.3 Å². The van der Waals surface area contributed by atoms with E-state index in [1.165, 1.54) is 0 Å². The monoisotopic (exact) mass is 282 g/mol. The highest BCUT2D eigenvalue weighted by Gasteiger charge is 2.15. The molecule has 0 aliphatic heterocycles. The van der Waals surface area contributed by atoms with E-state index in [-0.39, 0.29) is 5.56 Å². The number of carboxylic acid groups (broad SMARTS) is 1. The Balaban J connectivity index is 2.12. The Kier molecular flexibility index (Phi) is 3.35. The maximum Gasteiger partial charge on any atom is 0.336 e. The fourth-order valence-electron chi connectivity index (χ4n) is 2.23. The molecule has 0 fully saturated rings. The van der Waals surface area contributed by atoms with Gasteiger partial charge >= 0.3 is 5.97 Å². The van der Waals surface area contributed by atoms with Crippen LogP contribution >= 0.6 is 0 Å². The van der Waals surface area contributed by atoms with Crippen LogP contribution in [0, 0.1) is 0 Å². The molecule has 106 valence electrons. The summed E-state index contributed by atoms with van der Waals surface area (Å²) in [5.74, 6) is -0.958. The van der Waals surface area contributed by atoms with Crippen molar-refractivity contribution in [2.24, 2.45) is 0 Å². The SMILES string of the molecule is CCc1cc(C(=O)O)c2cnn(Cc3ccncc3)c2n1. The molecule has 0 unspecified atom stereocenters. The summed E-state index contributed by atoms with van der Waals surface area (Å²) in [6.45, 7) is 2.48. The summed E-state index contributed by atoms with van der Waals surface area (Å²) < 4.78 is 1.72. The van der Waals surface area contributed by atoms with Crippen molar-refractivity contribution in [3.05, 3.63) is 53.6 Å². The number of hydrogen-bond acceptors (Lipinski definition) is 4. The number of pyridine rings is 2. The first-order valence-electron chi connectivity index (χ1n) is 6.66. The molecule has 0 spiro atoms. The fraction of sp³-hybridized carbons (Fsp3) is 0.200. The average molecular weight is 282 g/mol. The first-order chi connectivity index (χ1) is 10.2. The van der Waals surface area contributed by atoms with Gasteiger partial charge in [-0.05, 0) is 30.2 Å². The van der Waals surface area contributed by atoms with Crippen molar-refractivity contribution in [2.75, 3.05) is 0 Å². The summed E-state index contributed by atoms with van der Waals surface area (Å²) in [5.41, 5.74) is 2.63. The van der Waals surface area contributed by atoms with E-state index in [4.69, 9.17) is 0 Å². The van der Waals surface area contributed by atoms with Crippen LogP contribution in [0.4, 0.5) is 0 Å². The molecular weight excluding hydrogens is 268 g/mol. The molecule has 3 rings (SSSR count). The van der Waals surface area contributed by atoms with Gasteiger partial charge in [-0.1, -0.05) is 6.92 Å². The van der Waals surface area contributed by atoms with Crippen LogP contribution in [0.25, 0.3) is 11.0 Å². The van der Waals surface area contributed by atoms with Crippen LogP contribution in [0.3, 0.4) is 0 Å². The number of aromatic nitrogens is 4. The number of rotatable bonds is 4. The highest BCUT2D eigenvalue weighted by atomic mass is 16.4. The molecule has 6 heteroatoms. The first-order valence-corrected chi connectivity index (χ1v) is 6.66. The largest absolute Gasteiger partial charge is 0.478 e. The zero-order valence-electron chi connectivity index (χ0n) is 11.5. The minimum absolute atomic E-state index is 0.248. The molecule has 3 heterocycles. The summed E-state index contributed by atoms with van der Waals surface area (Å²) >= 11 is 0. The fourth-order valence-corrected chi connectivity index (χ4v) is 2.23. The van der Waals surface area contributed by atoms with Crippen molar-refractivity contribution in [2.45, 2.75) is 19.9 Å². The summed E-state index contributed by atoms with van der Waals surface area (Å²) in [7, 11) is 0. The molecule has 3 aromatic heterocycles. The second kappa shape index (κ2) is 5.32. The molecular formula is C15H14N4O2. The number of fused-ring (bicyclic) bond motifs is 1. The molecule has 0 radical (unpaired) electrons.